The van der Waals surface area contributed by atoms with Gasteiger partial charge in [-0.25, -0.2) is 0 Å². The zero-order valence-electron chi connectivity index (χ0n) is 13.9. The predicted octanol–water partition coefficient (Wildman–Crippen LogP) is 5.53. The molecule has 1 nitrogen and oxygen atoms in total. The Bertz CT molecular complexity index is 360. The van der Waals surface area contributed by atoms with Gasteiger partial charge >= 0.3 is 139 Å². The zero-order chi connectivity index (χ0) is 16.1. The van der Waals surface area contributed by atoms with E-state index in [0.717, 1.165) is 43.1 Å². The summed E-state index contributed by atoms with van der Waals surface area (Å²) >= 11 is 3.04. The van der Waals surface area contributed by atoms with Crippen LogP contribution in [0.3, 0.4) is 0 Å². The van der Waals surface area contributed by atoms with Crippen LogP contribution in [0.5, 0.6) is 0 Å². The molecule has 0 unspecified atom stereocenters. The third kappa shape index (κ3) is 12.8. The first-order chi connectivity index (χ1) is 9.97. The number of ether oxygens (including phenoxy) is 1. The van der Waals surface area contributed by atoms with Crippen molar-refractivity contribution in [3.05, 3.63) is 48.6 Å². The van der Waals surface area contributed by atoms with Gasteiger partial charge in [-0.1, -0.05) is 0 Å². The molecule has 21 heavy (non-hydrogen) atoms. The van der Waals surface area contributed by atoms with Gasteiger partial charge in [0.25, 0.3) is 0 Å². The van der Waals surface area contributed by atoms with Crippen LogP contribution in [0.1, 0.15) is 52.4 Å². The second kappa shape index (κ2) is 13.0. The van der Waals surface area contributed by atoms with Crippen LogP contribution < -0.4 is 0 Å². The first kappa shape index (κ1) is 20.3. The van der Waals surface area contributed by atoms with Crippen molar-refractivity contribution in [2.75, 3.05) is 7.11 Å². The van der Waals surface area contributed by atoms with Crippen LogP contribution in [0.25, 0.3) is 0 Å². The van der Waals surface area contributed by atoms with Crippen LogP contribution in [0.4, 0.5) is 0 Å². The summed E-state index contributed by atoms with van der Waals surface area (Å²) in [6.45, 7) is 12.0. The Labute approximate surface area is 139 Å². The van der Waals surface area contributed by atoms with Crippen molar-refractivity contribution >= 4 is 4.57 Å². The number of hydrogen-bond donors (Lipinski definition) is 0. The van der Waals surface area contributed by atoms with Crippen molar-refractivity contribution in [3.8, 4) is 0 Å². The molecule has 0 spiro atoms. The van der Waals surface area contributed by atoms with Gasteiger partial charge in [0.15, 0.2) is 0 Å². The van der Waals surface area contributed by atoms with Crippen LogP contribution in [-0.2, 0) is 20.6 Å². The van der Waals surface area contributed by atoms with E-state index in [0.29, 0.717) is 5.92 Å². The standard InChI is InChI=1S/C19H30O.Cr/c1-17(2)12-8-6-10-14-19(16-20-5)15-11-7-9-13-18(3)4;/h6-7,10-11,19H,1,3,8-9,12-15H2,2,4-5H3;/b10-6+,11-7+;. The zero-order valence-corrected chi connectivity index (χ0v) is 15.1. The molecule has 0 atom stereocenters. The molecule has 0 aromatic rings. The fourth-order valence-electron chi connectivity index (χ4n) is 1.87. The van der Waals surface area contributed by atoms with E-state index >= 15 is 0 Å². The first-order valence-electron chi connectivity index (χ1n) is 7.64. The molecule has 0 amide bonds. The van der Waals surface area contributed by atoms with E-state index in [4.69, 9.17) is 4.74 Å². The van der Waals surface area contributed by atoms with Crippen molar-refractivity contribution in [3.63, 3.8) is 0 Å². The Morgan fingerprint density at radius 3 is 1.71 bits per heavy atom. The van der Waals surface area contributed by atoms with Gasteiger partial charge in [0.2, 0.25) is 0 Å². The molecule has 0 aliphatic heterocycles. The topological polar surface area (TPSA) is 9.23 Å². The normalized spacial score (nSPS) is 11.6. The van der Waals surface area contributed by atoms with Crippen molar-refractivity contribution < 1.29 is 20.6 Å². The summed E-state index contributed by atoms with van der Waals surface area (Å²) in [6.07, 6.45) is 15.3. The molecule has 0 heterocycles. The van der Waals surface area contributed by atoms with Gasteiger partial charge in [-0.2, -0.15) is 0 Å². The summed E-state index contributed by atoms with van der Waals surface area (Å²) in [5.41, 5.74) is 2.48. The Morgan fingerprint density at radius 2 is 1.38 bits per heavy atom. The summed E-state index contributed by atoms with van der Waals surface area (Å²) in [4.78, 5) is 0. The number of methoxy groups -OCH3 is 1. The maximum absolute atomic E-state index is 5.37. The van der Waals surface area contributed by atoms with Crippen molar-refractivity contribution in [1.29, 1.82) is 0 Å². The maximum atomic E-state index is 5.37. The summed E-state index contributed by atoms with van der Waals surface area (Å²) in [7, 11) is 1.73. The third-order valence-corrected chi connectivity index (χ3v) is 3.97. The van der Waals surface area contributed by atoms with Crippen LogP contribution >= 0.6 is 0 Å². The quantitative estimate of drug-likeness (QED) is 0.428. The minimum absolute atomic E-state index is 0.414. The third-order valence-electron chi connectivity index (χ3n) is 3.18. The molecule has 0 aliphatic carbocycles. The molecular formula is C19H30CrO. The van der Waals surface area contributed by atoms with Crippen LogP contribution in [0.2, 0.25) is 0 Å². The second-order valence-electron chi connectivity index (χ2n) is 5.63. The van der Waals surface area contributed by atoms with E-state index in [2.05, 4.69) is 67.2 Å². The van der Waals surface area contributed by atoms with Gasteiger partial charge in [-0.15, -0.1) is 0 Å². The molecule has 118 valence electrons. The monoisotopic (exact) mass is 326 g/mol. The van der Waals surface area contributed by atoms with Gasteiger partial charge in [-0.05, 0) is 0 Å². The van der Waals surface area contributed by atoms with Gasteiger partial charge in [0.05, 0.1) is 0 Å². The second-order valence-corrected chi connectivity index (χ2v) is 6.25. The predicted molar refractivity (Wildman–Crippen MR) is 91.1 cm³/mol. The van der Waals surface area contributed by atoms with Crippen LogP contribution in [-0.4, -0.2) is 11.7 Å². The molecule has 2 heteroatoms. The van der Waals surface area contributed by atoms with E-state index < -0.39 is 0 Å². The molecule has 0 N–H and O–H groups in total. The minimum atomic E-state index is 0.414. The van der Waals surface area contributed by atoms with Crippen molar-refractivity contribution in [2.45, 2.75) is 52.4 Å². The molecule has 0 aliphatic rings. The summed E-state index contributed by atoms with van der Waals surface area (Å²) in [6, 6.07) is 0. The van der Waals surface area contributed by atoms with Gasteiger partial charge in [-0.3, -0.25) is 0 Å². The summed E-state index contributed by atoms with van der Waals surface area (Å²) in [5, 5.41) is 0. The number of allylic oxidation sites excluding steroid dienone is 6. The molecule has 0 aromatic heterocycles. The van der Waals surface area contributed by atoms with E-state index in [-0.39, 0.29) is 0 Å². The molecule has 0 saturated carbocycles. The molecule has 0 saturated heterocycles. The van der Waals surface area contributed by atoms with Gasteiger partial charge in [0.1, 0.15) is 0 Å². The fraction of sp³-hybridized carbons (Fsp3) is 0.526. The molecule has 0 aromatic carbocycles. The molecule has 0 rings (SSSR count). The summed E-state index contributed by atoms with van der Waals surface area (Å²) in [5.74, 6) is 0.414. The van der Waals surface area contributed by atoms with E-state index in [1.54, 1.807) is 7.11 Å². The Morgan fingerprint density at radius 1 is 0.952 bits per heavy atom. The molecule has 0 bridgehead atoms. The molecule has 0 fully saturated rings. The van der Waals surface area contributed by atoms with E-state index in [1.807, 2.05) is 0 Å². The summed E-state index contributed by atoms with van der Waals surface area (Å²) < 4.78 is 6.36. The molecular weight excluding hydrogens is 296 g/mol. The van der Waals surface area contributed by atoms with Crippen LogP contribution in [0.15, 0.2) is 48.6 Å². The molecule has 0 radical (unpaired) electrons. The average molecular weight is 326 g/mol. The Kier molecular flexibility index (Phi) is 12.6. The Hall–Kier alpha value is -0.678. The van der Waals surface area contributed by atoms with Crippen molar-refractivity contribution in [2.24, 2.45) is 5.92 Å². The Balaban J connectivity index is 4.17. The van der Waals surface area contributed by atoms with E-state index in [9.17, 15) is 0 Å². The van der Waals surface area contributed by atoms with Gasteiger partial charge in [0, 0.05) is 0 Å². The van der Waals surface area contributed by atoms with E-state index in [1.165, 1.54) is 11.1 Å². The fourth-order valence-corrected chi connectivity index (χ4v) is 2.17. The van der Waals surface area contributed by atoms with Crippen molar-refractivity contribution in [1.82, 2.24) is 0 Å². The first-order valence-corrected chi connectivity index (χ1v) is 8.27. The average Bonchev–Trinajstić information content (AvgIpc) is 2.42. The number of rotatable bonds is 12. The van der Waals surface area contributed by atoms with Crippen LogP contribution in [0, 0.1) is 5.92 Å². The van der Waals surface area contributed by atoms with Gasteiger partial charge < -0.3 is 0 Å². The number of hydrogen-bond acceptors (Lipinski definition) is 1. The SMILES string of the molecule is C=C(C)CC/C=C/CC(C/C=C/CCC(=C)C)[C](=[Cr])OC.